The van der Waals surface area contributed by atoms with Gasteiger partial charge in [0, 0.05) is 35.8 Å². The van der Waals surface area contributed by atoms with E-state index in [-0.39, 0.29) is 6.10 Å². The van der Waals surface area contributed by atoms with Crippen LogP contribution in [0.2, 0.25) is 0 Å². The summed E-state index contributed by atoms with van der Waals surface area (Å²) in [7, 11) is 3.75. The van der Waals surface area contributed by atoms with E-state index in [1.807, 2.05) is 36.4 Å². The molecule has 0 radical (unpaired) electrons. The van der Waals surface area contributed by atoms with E-state index in [0.717, 1.165) is 54.0 Å². The molecule has 2 heterocycles. The number of methoxy groups -OCH3 is 1. The number of benzene rings is 3. The van der Waals surface area contributed by atoms with E-state index in [0.29, 0.717) is 22.9 Å². The lowest BCUT2D eigenvalue weighted by molar-refractivity contribution is 0.114. The van der Waals surface area contributed by atoms with Crippen molar-refractivity contribution in [3.05, 3.63) is 66.7 Å². The molecule has 6 heteroatoms. The molecule has 33 heavy (non-hydrogen) atoms. The van der Waals surface area contributed by atoms with Gasteiger partial charge in [-0.05, 0) is 80.6 Å². The minimum absolute atomic E-state index is 0.275. The van der Waals surface area contributed by atoms with E-state index in [1.54, 1.807) is 25.3 Å². The average molecular weight is 445 g/mol. The van der Waals surface area contributed by atoms with Crippen molar-refractivity contribution in [1.29, 1.82) is 0 Å². The summed E-state index contributed by atoms with van der Waals surface area (Å²) in [5.74, 6) is 3.60. The van der Waals surface area contributed by atoms with Gasteiger partial charge in [0.1, 0.15) is 28.9 Å². The third kappa shape index (κ3) is 4.76. The van der Waals surface area contributed by atoms with Gasteiger partial charge in [-0.15, -0.1) is 0 Å². The van der Waals surface area contributed by atoms with Crippen LogP contribution in [0.5, 0.6) is 23.0 Å². The van der Waals surface area contributed by atoms with E-state index >= 15 is 0 Å². The molecule has 4 aromatic rings. The van der Waals surface area contributed by atoms with E-state index in [4.69, 9.17) is 24.4 Å². The molecule has 0 atom stereocenters. The minimum atomic E-state index is 0.275. The first-order valence-corrected chi connectivity index (χ1v) is 11.2. The normalized spacial score (nSPS) is 15.0. The number of furan rings is 1. The van der Waals surface area contributed by atoms with Crippen LogP contribution in [-0.4, -0.2) is 38.3 Å². The monoisotopic (exact) mass is 444 g/mol. The fourth-order valence-corrected chi connectivity index (χ4v) is 4.11. The molecule has 0 aliphatic carbocycles. The van der Waals surface area contributed by atoms with Crippen LogP contribution in [0, 0.1) is 0 Å². The van der Waals surface area contributed by atoms with E-state index in [1.165, 1.54) is 0 Å². The maximum atomic E-state index is 6.22. The number of anilines is 1. The van der Waals surface area contributed by atoms with Crippen LogP contribution in [0.1, 0.15) is 12.8 Å². The molecule has 0 spiro atoms. The zero-order chi connectivity index (χ0) is 22.8. The lowest BCUT2D eigenvalue weighted by atomic mass is 10.1. The average Bonchev–Trinajstić information content (AvgIpc) is 3.25. The molecule has 6 nitrogen and oxygen atoms in total. The van der Waals surface area contributed by atoms with E-state index in [2.05, 4.69) is 24.1 Å². The van der Waals surface area contributed by atoms with Gasteiger partial charge in [0.25, 0.3) is 0 Å². The highest BCUT2D eigenvalue weighted by Crippen LogP contribution is 2.35. The van der Waals surface area contributed by atoms with Crippen LogP contribution in [0.15, 0.2) is 71.1 Å². The summed E-state index contributed by atoms with van der Waals surface area (Å²) < 4.78 is 23.6. The molecule has 0 saturated carbocycles. The molecular weight excluding hydrogens is 416 g/mol. The zero-order valence-corrected chi connectivity index (χ0v) is 18.9. The molecule has 0 bridgehead atoms. The Hall–Kier alpha value is -3.64. The van der Waals surface area contributed by atoms with Gasteiger partial charge < -0.3 is 29.3 Å². The summed E-state index contributed by atoms with van der Waals surface area (Å²) in [4.78, 5) is 2.34. The van der Waals surface area contributed by atoms with Gasteiger partial charge in [0.05, 0.1) is 7.11 Å². The fourth-order valence-electron chi connectivity index (χ4n) is 4.11. The molecule has 1 fully saturated rings. The second-order valence-electron chi connectivity index (χ2n) is 8.47. The number of rotatable bonds is 6. The number of piperidine rings is 1. The Labute approximate surface area is 193 Å². The Bertz CT molecular complexity index is 1240. The lowest BCUT2D eigenvalue weighted by Crippen LogP contribution is -2.35. The summed E-state index contributed by atoms with van der Waals surface area (Å²) in [6.07, 6.45) is 2.39. The van der Waals surface area contributed by atoms with Crippen LogP contribution in [0.4, 0.5) is 5.69 Å². The third-order valence-corrected chi connectivity index (χ3v) is 6.01. The van der Waals surface area contributed by atoms with Crippen LogP contribution in [0.3, 0.4) is 0 Å². The summed E-state index contributed by atoms with van der Waals surface area (Å²) in [6, 6.07) is 21.2. The highest BCUT2D eigenvalue weighted by molar-refractivity contribution is 5.84. The zero-order valence-electron chi connectivity index (χ0n) is 18.9. The van der Waals surface area contributed by atoms with Crippen molar-refractivity contribution in [3.8, 4) is 34.3 Å². The van der Waals surface area contributed by atoms with Gasteiger partial charge in [-0.3, -0.25) is 0 Å². The molecule has 3 aromatic carbocycles. The van der Waals surface area contributed by atoms with Gasteiger partial charge in [-0.2, -0.15) is 0 Å². The molecular formula is C27H28N2O4. The number of fused-ring (bicyclic) bond motifs is 1. The number of hydrogen-bond acceptors (Lipinski definition) is 6. The van der Waals surface area contributed by atoms with Crippen LogP contribution in [0.25, 0.3) is 22.3 Å². The number of ether oxygens (including phenoxy) is 3. The quantitative estimate of drug-likeness (QED) is 0.370. The first kappa shape index (κ1) is 21.2. The van der Waals surface area contributed by atoms with Gasteiger partial charge in [0.15, 0.2) is 11.5 Å². The predicted octanol–water partition coefficient (Wildman–Crippen LogP) is 5.96. The SMILES string of the molecule is COc1cc(N)ccc1Oc1ccc(-c2cc3cc(OC4CCN(C)CC4)ccc3o2)cc1. The van der Waals surface area contributed by atoms with Gasteiger partial charge in [-0.25, -0.2) is 0 Å². The Kier molecular flexibility index (Phi) is 5.84. The van der Waals surface area contributed by atoms with Crippen molar-refractivity contribution in [2.24, 2.45) is 0 Å². The molecule has 1 aliphatic rings. The molecule has 0 amide bonds. The third-order valence-electron chi connectivity index (χ3n) is 6.01. The molecule has 170 valence electrons. The molecule has 1 aliphatic heterocycles. The number of nitrogens with zero attached hydrogens (tertiary/aromatic N) is 1. The highest BCUT2D eigenvalue weighted by Gasteiger charge is 2.18. The van der Waals surface area contributed by atoms with Crippen molar-refractivity contribution in [2.45, 2.75) is 18.9 Å². The Morgan fingerprint density at radius 1 is 0.879 bits per heavy atom. The van der Waals surface area contributed by atoms with Crippen molar-refractivity contribution < 1.29 is 18.6 Å². The molecule has 1 saturated heterocycles. The lowest BCUT2D eigenvalue weighted by Gasteiger charge is -2.29. The number of nitrogen functional groups attached to an aromatic ring is 1. The number of likely N-dealkylation sites (tertiary alicyclic amines) is 1. The van der Waals surface area contributed by atoms with Gasteiger partial charge in [0.2, 0.25) is 0 Å². The van der Waals surface area contributed by atoms with Crippen molar-refractivity contribution >= 4 is 16.7 Å². The Balaban J connectivity index is 1.31. The summed E-state index contributed by atoms with van der Waals surface area (Å²) in [5.41, 5.74) is 8.26. The first-order chi connectivity index (χ1) is 16.1. The molecule has 0 unspecified atom stereocenters. The van der Waals surface area contributed by atoms with Crippen molar-refractivity contribution in [1.82, 2.24) is 4.90 Å². The predicted molar refractivity (Wildman–Crippen MR) is 130 cm³/mol. The molecule has 1 aromatic heterocycles. The summed E-state index contributed by atoms with van der Waals surface area (Å²) in [5, 5.41) is 1.03. The maximum absolute atomic E-state index is 6.22. The van der Waals surface area contributed by atoms with Crippen LogP contribution >= 0.6 is 0 Å². The molecule has 2 N–H and O–H groups in total. The van der Waals surface area contributed by atoms with Crippen molar-refractivity contribution in [3.63, 3.8) is 0 Å². The minimum Gasteiger partial charge on any atom is -0.493 e. The smallest absolute Gasteiger partial charge is 0.169 e. The fraction of sp³-hybridized carbons (Fsp3) is 0.259. The van der Waals surface area contributed by atoms with E-state index < -0.39 is 0 Å². The second-order valence-corrected chi connectivity index (χ2v) is 8.47. The Morgan fingerprint density at radius 2 is 1.64 bits per heavy atom. The van der Waals surface area contributed by atoms with Crippen LogP contribution < -0.4 is 19.9 Å². The Morgan fingerprint density at radius 3 is 2.39 bits per heavy atom. The van der Waals surface area contributed by atoms with Gasteiger partial charge >= 0.3 is 0 Å². The number of nitrogens with two attached hydrogens (primary N) is 1. The summed E-state index contributed by atoms with van der Waals surface area (Å²) >= 11 is 0. The maximum Gasteiger partial charge on any atom is 0.169 e. The highest BCUT2D eigenvalue weighted by atomic mass is 16.5. The summed E-state index contributed by atoms with van der Waals surface area (Å²) in [6.45, 7) is 2.15. The second kappa shape index (κ2) is 9.08. The first-order valence-electron chi connectivity index (χ1n) is 11.2. The van der Waals surface area contributed by atoms with Crippen LogP contribution in [-0.2, 0) is 0 Å². The van der Waals surface area contributed by atoms with E-state index in [9.17, 15) is 0 Å². The van der Waals surface area contributed by atoms with Gasteiger partial charge in [-0.1, -0.05) is 0 Å². The number of hydrogen-bond donors (Lipinski definition) is 1. The van der Waals surface area contributed by atoms with Crippen molar-refractivity contribution in [2.75, 3.05) is 33.0 Å². The molecule has 5 rings (SSSR count). The topological polar surface area (TPSA) is 70.1 Å². The largest absolute Gasteiger partial charge is 0.493 e. The standard InChI is InChI=1S/C27H28N2O4/c1-29-13-11-22(12-14-29)31-23-8-10-24-19(15-23)16-26(33-24)18-3-6-21(7-4-18)32-25-9-5-20(28)17-27(25)30-2/h3-10,15-17,22H,11-14,28H2,1-2H3.